The van der Waals surface area contributed by atoms with E-state index < -0.39 is 0 Å². The summed E-state index contributed by atoms with van der Waals surface area (Å²) in [5.41, 5.74) is 1.19. The average molecular weight is 230 g/mol. The Morgan fingerprint density at radius 1 is 1.50 bits per heavy atom. The van der Waals surface area contributed by atoms with Crippen molar-refractivity contribution in [2.45, 2.75) is 25.3 Å². The maximum atomic E-state index is 3.99. The Kier molecular flexibility index (Phi) is 2.46. The molecule has 4 heteroatoms. The monoisotopic (exact) mass is 229 g/mol. The molecule has 3 nitrogen and oxygen atoms in total. The lowest BCUT2D eigenvalue weighted by Crippen LogP contribution is -2.27. The molecular formula is C8H12BrN3. The Balaban J connectivity index is 2.13. The van der Waals surface area contributed by atoms with Gasteiger partial charge in [-0.25, -0.2) is 0 Å². The summed E-state index contributed by atoms with van der Waals surface area (Å²) < 4.78 is 1.09. The fraction of sp³-hybridized carbons (Fsp3) is 0.625. The highest BCUT2D eigenvalue weighted by Crippen LogP contribution is 2.26. The lowest BCUT2D eigenvalue weighted by Gasteiger charge is -2.22. The summed E-state index contributed by atoms with van der Waals surface area (Å²) in [4.78, 5) is 0. The predicted octanol–water partition coefficient (Wildman–Crippen LogP) is 1.99. The minimum Gasteiger partial charge on any atom is -0.309 e. The molecule has 0 spiro atoms. The van der Waals surface area contributed by atoms with Gasteiger partial charge in [0.05, 0.1) is 22.4 Å². The highest BCUT2D eigenvalue weighted by molar-refractivity contribution is 9.10. The first-order valence-corrected chi connectivity index (χ1v) is 5.09. The van der Waals surface area contributed by atoms with Crippen molar-refractivity contribution in [3.8, 4) is 0 Å². The molecule has 2 heterocycles. The zero-order valence-electron chi connectivity index (χ0n) is 6.81. The molecule has 0 saturated carbocycles. The van der Waals surface area contributed by atoms with Gasteiger partial charge in [0, 0.05) is 0 Å². The number of H-pyrrole nitrogens is 1. The second kappa shape index (κ2) is 3.58. The SMILES string of the molecule is Brc1cn[nH]c1C1CCCCN1. The Labute approximate surface area is 80.1 Å². The fourth-order valence-corrected chi connectivity index (χ4v) is 2.09. The number of hydrogen-bond donors (Lipinski definition) is 2. The molecule has 0 aromatic carbocycles. The summed E-state index contributed by atoms with van der Waals surface area (Å²) >= 11 is 3.47. The van der Waals surface area contributed by atoms with Gasteiger partial charge in [0.2, 0.25) is 0 Å². The van der Waals surface area contributed by atoms with Crippen molar-refractivity contribution >= 4 is 15.9 Å². The van der Waals surface area contributed by atoms with E-state index in [-0.39, 0.29) is 0 Å². The molecule has 1 aliphatic rings. The molecule has 1 aromatic rings. The summed E-state index contributed by atoms with van der Waals surface area (Å²) in [7, 11) is 0. The number of nitrogens with one attached hydrogen (secondary N) is 2. The summed E-state index contributed by atoms with van der Waals surface area (Å²) in [5.74, 6) is 0. The molecular weight excluding hydrogens is 218 g/mol. The molecule has 0 amide bonds. The standard InChI is InChI=1S/C8H12BrN3/c9-6-5-11-12-8(6)7-3-1-2-4-10-7/h5,7,10H,1-4H2,(H,11,12). The molecule has 1 aliphatic heterocycles. The smallest absolute Gasteiger partial charge is 0.0663 e. The highest BCUT2D eigenvalue weighted by Gasteiger charge is 2.17. The van der Waals surface area contributed by atoms with Crippen LogP contribution in [0.25, 0.3) is 0 Å². The molecule has 1 aromatic heterocycles. The summed E-state index contributed by atoms with van der Waals surface area (Å²) in [6.07, 6.45) is 5.62. The maximum Gasteiger partial charge on any atom is 0.0663 e. The molecule has 2 rings (SSSR count). The fourth-order valence-electron chi connectivity index (χ4n) is 1.62. The van der Waals surface area contributed by atoms with E-state index in [2.05, 4.69) is 31.4 Å². The van der Waals surface area contributed by atoms with Crippen LogP contribution >= 0.6 is 15.9 Å². The number of piperidine rings is 1. The molecule has 0 radical (unpaired) electrons. The van der Waals surface area contributed by atoms with Crippen molar-refractivity contribution in [2.24, 2.45) is 0 Å². The van der Waals surface area contributed by atoms with Crippen LogP contribution in [0.4, 0.5) is 0 Å². The van der Waals surface area contributed by atoms with Crippen LogP contribution in [-0.2, 0) is 0 Å². The molecule has 0 bridgehead atoms. The third-order valence-electron chi connectivity index (χ3n) is 2.28. The molecule has 66 valence electrons. The van der Waals surface area contributed by atoms with E-state index in [0.29, 0.717) is 6.04 Å². The zero-order chi connectivity index (χ0) is 8.39. The van der Waals surface area contributed by atoms with E-state index in [9.17, 15) is 0 Å². The molecule has 1 saturated heterocycles. The van der Waals surface area contributed by atoms with E-state index in [1.54, 1.807) is 0 Å². The third kappa shape index (κ3) is 1.54. The molecule has 1 unspecified atom stereocenters. The Morgan fingerprint density at radius 2 is 2.42 bits per heavy atom. The van der Waals surface area contributed by atoms with E-state index in [1.165, 1.54) is 25.0 Å². The highest BCUT2D eigenvalue weighted by atomic mass is 79.9. The van der Waals surface area contributed by atoms with Gasteiger partial charge in [-0.2, -0.15) is 5.10 Å². The topological polar surface area (TPSA) is 40.7 Å². The molecule has 1 atom stereocenters. The van der Waals surface area contributed by atoms with Crippen LogP contribution in [0.15, 0.2) is 10.7 Å². The number of nitrogens with zero attached hydrogens (tertiary/aromatic N) is 1. The maximum absolute atomic E-state index is 3.99. The number of rotatable bonds is 1. The first-order chi connectivity index (χ1) is 5.88. The van der Waals surface area contributed by atoms with Gasteiger partial charge in [-0.3, -0.25) is 5.10 Å². The van der Waals surface area contributed by atoms with Crippen LogP contribution in [0.1, 0.15) is 31.0 Å². The molecule has 1 fully saturated rings. The minimum absolute atomic E-state index is 0.468. The Hall–Kier alpha value is -0.350. The number of hydrogen-bond acceptors (Lipinski definition) is 2. The van der Waals surface area contributed by atoms with E-state index >= 15 is 0 Å². The lowest BCUT2D eigenvalue weighted by atomic mass is 10.0. The second-order valence-corrected chi connectivity index (χ2v) is 3.99. The summed E-state index contributed by atoms with van der Waals surface area (Å²) in [6, 6.07) is 0.468. The van der Waals surface area contributed by atoms with Crippen LogP contribution in [0, 0.1) is 0 Å². The van der Waals surface area contributed by atoms with Crippen LogP contribution in [-0.4, -0.2) is 16.7 Å². The molecule has 2 N–H and O–H groups in total. The quantitative estimate of drug-likeness (QED) is 0.774. The van der Waals surface area contributed by atoms with Gasteiger partial charge in [0.25, 0.3) is 0 Å². The lowest BCUT2D eigenvalue weighted by molar-refractivity contribution is 0.404. The van der Waals surface area contributed by atoms with Crippen LogP contribution in [0.2, 0.25) is 0 Å². The van der Waals surface area contributed by atoms with E-state index in [0.717, 1.165) is 11.0 Å². The van der Waals surface area contributed by atoms with Gasteiger partial charge < -0.3 is 5.32 Å². The zero-order valence-corrected chi connectivity index (χ0v) is 8.39. The van der Waals surface area contributed by atoms with Crippen molar-refractivity contribution in [3.63, 3.8) is 0 Å². The van der Waals surface area contributed by atoms with Crippen molar-refractivity contribution < 1.29 is 0 Å². The van der Waals surface area contributed by atoms with Crippen molar-refractivity contribution in [3.05, 3.63) is 16.4 Å². The Bertz CT molecular complexity index is 253. The van der Waals surface area contributed by atoms with E-state index in [1.807, 2.05) is 6.20 Å². The number of halogens is 1. The van der Waals surface area contributed by atoms with Crippen LogP contribution in [0.3, 0.4) is 0 Å². The number of aromatic amines is 1. The van der Waals surface area contributed by atoms with Crippen LogP contribution in [0.5, 0.6) is 0 Å². The van der Waals surface area contributed by atoms with Gasteiger partial charge in [-0.05, 0) is 35.3 Å². The first-order valence-electron chi connectivity index (χ1n) is 4.30. The second-order valence-electron chi connectivity index (χ2n) is 3.13. The average Bonchev–Trinajstić information content (AvgIpc) is 2.53. The van der Waals surface area contributed by atoms with Crippen molar-refractivity contribution in [2.75, 3.05) is 6.54 Å². The van der Waals surface area contributed by atoms with Gasteiger partial charge >= 0.3 is 0 Å². The minimum atomic E-state index is 0.468. The van der Waals surface area contributed by atoms with Gasteiger partial charge in [-0.15, -0.1) is 0 Å². The first kappa shape index (κ1) is 8.26. The van der Waals surface area contributed by atoms with Gasteiger partial charge in [0.1, 0.15) is 0 Å². The predicted molar refractivity (Wildman–Crippen MR) is 50.9 cm³/mol. The van der Waals surface area contributed by atoms with Crippen molar-refractivity contribution in [1.29, 1.82) is 0 Å². The summed E-state index contributed by atoms with van der Waals surface area (Å²) in [6.45, 7) is 1.12. The number of aromatic nitrogens is 2. The van der Waals surface area contributed by atoms with Crippen molar-refractivity contribution in [1.82, 2.24) is 15.5 Å². The van der Waals surface area contributed by atoms with E-state index in [4.69, 9.17) is 0 Å². The van der Waals surface area contributed by atoms with Gasteiger partial charge in [-0.1, -0.05) is 6.42 Å². The normalized spacial score (nSPS) is 24.2. The van der Waals surface area contributed by atoms with Crippen LogP contribution < -0.4 is 5.32 Å². The van der Waals surface area contributed by atoms with Gasteiger partial charge in [0.15, 0.2) is 0 Å². The Morgan fingerprint density at radius 3 is 3.00 bits per heavy atom. The summed E-state index contributed by atoms with van der Waals surface area (Å²) in [5, 5.41) is 10.5. The third-order valence-corrected chi connectivity index (χ3v) is 2.91. The molecule has 12 heavy (non-hydrogen) atoms. The molecule has 0 aliphatic carbocycles. The largest absolute Gasteiger partial charge is 0.309 e.